The van der Waals surface area contributed by atoms with Crippen LogP contribution in [-0.2, 0) is 6.18 Å². The van der Waals surface area contributed by atoms with Gasteiger partial charge >= 0.3 is 6.18 Å². The van der Waals surface area contributed by atoms with Gasteiger partial charge in [-0.15, -0.1) is 0 Å². The monoisotopic (exact) mass is 300 g/mol. The Morgan fingerprint density at radius 2 is 1.67 bits per heavy atom. The summed E-state index contributed by atoms with van der Waals surface area (Å²) in [5.74, 6) is -2.07. The minimum absolute atomic E-state index is 0.214. The molecule has 0 aromatic heterocycles. The van der Waals surface area contributed by atoms with Crippen molar-refractivity contribution in [2.75, 3.05) is 5.43 Å². The predicted octanol–water partition coefficient (Wildman–Crippen LogP) is 4.43. The second-order valence-corrected chi connectivity index (χ2v) is 4.09. The number of halogens is 5. The highest BCUT2D eigenvalue weighted by Crippen LogP contribution is 2.34. The highest BCUT2D eigenvalue weighted by Gasteiger charge is 2.33. The van der Waals surface area contributed by atoms with E-state index >= 15 is 0 Å². The van der Waals surface area contributed by atoms with Crippen LogP contribution < -0.4 is 5.43 Å². The van der Waals surface area contributed by atoms with Gasteiger partial charge in [-0.2, -0.15) is 18.3 Å². The molecule has 7 heteroatoms. The maximum absolute atomic E-state index is 12.9. The van der Waals surface area contributed by atoms with Gasteiger partial charge in [0.15, 0.2) is 11.6 Å². The smallest absolute Gasteiger partial charge is 0.278 e. The summed E-state index contributed by atoms with van der Waals surface area (Å²) >= 11 is 0. The number of anilines is 1. The van der Waals surface area contributed by atoms with Crippen molar-refractivity contribution in [1.82, 2.24) is 0 Å². The van der Waals surface area contributed by atoms with Gasteiger partial charge in [0.1, 0.15) is 0 Å². The molecule has 0 aliphatic rings. The van der Waals surface area contributed by atoms with Gasteiger partial charge in [-0.05, 0) is 29.8 Å². The molecule has 0 heterocycles. The summed E-state index contributed by atoms with van der Waals surface area (Å²) in [6.07, 6.45) is -3.42. The SMILES string of the molecule is Fc1ccc(/C=N/Nc2ccccc2C(F)(F)F)cc1F. The number of nitrogens with one attached hydrogen (secondary N) is 1. The van der Waals surface area contributed by atoms with Crippen molar-refractivity contribution < 1.29 is 22.0 Å². The molecule has 0 bridgehead atoms. The third-order valence-electron chi connectivity index (χ3n) is 2.57. The molecular formula is C14H9F5N2. The van der Waals surface area contributed by atoms with Crippen LogP contribution in [0.1, 0.15) is 11.1 Å². The molecular weight excluding hydrogens is 291 g/mol. The fraction of sp³-hybridized carbons (Fsp3) is 0.0714. The lowest BCUT2D eigenvalue weighted by molar-refractivity contribution is -0.136. The Hall–Kier alpha value is -2.44. The van der Waals surface area contributed by atoms with Crippen molar-refractivity contribution in [3.63, 3.8) is 0 Å². The van der Waals surface area contributed by atoms with Gasteiger partial charge in [0.25, 0.3) is 0 Å². The fourth-order valence-electron chi connectivity index (χ4n) is 1.60. The largest absolute Gasteiger partial charge is 0.418 e. The maximum atomic E-state index is 12.9. The molecule has 0 amide bonds. The lowest BCUT2D eigenvalue weighted by Gasteiger charge is -2.11. The highest BCUT2D eigenvalue weighted by atomic mass is 19.4. The van der Waals surface area contributed by atoms with Gasteiger partial charge in [-0.3, -0.25) is 5.43 Å². The minimum Gasteiger partial charge on any atom is -0.278 e. The van der Waals surface area contributed by atoms with Crippen molar-refractivity contribution in [1.29, 1.82) is 0 Å². The standard InChI is InChI=1S/C14H9F5N2/c15-11-6-5-9(7-12(11)16)8-20-21-13-4-2-1-3-10(13)14(17,18)19/h1-8,21H/b20-8+. The Balaban J connectivity index is 2.16. The lowest BCUT2D eigenvalue weighted by Crippen LogP contribution is -2.08. The maximum Gasteiger partial charge on any atom is 0.418 e. The fourth-order valence-corrected chi connectivity index (χ4v) is 1.60. The second kappa shape index (κ2) is 5.90. The summed E-state index contributed by atoms with van der Waals surface area (Å²) in [7, 11) is 0. The van der Waals surface area contributed by atoms with Crippen LogP contribution in [0.3, 0.4) is 0 Å². The quantitative estimate of drug-likeness (QED) is 0.506. The van der Waals surface area contributed by atoms with E-state index in [1.54, 1.807) is 0 Å². The van der Waals surface area contributed by atoms with E-state index in [0.29, 0.717) is 0 Å². The van der Waals surface area contributed by atoms with Crippen LogP contribution >= 0.6 is 0 Å². The van der Waals surface area contributed by atoms with Crippen molar-refractivity contribution in [3.05, 3.63) is 65.2 Å². The summed E-state index contributed by atoms with van der Waals surface area (Å²) in [5.41, 5.74) is 1.35. The number of rotatable bonds is 3. The van der Waals surface area contributed by atoms with Gasteiger partial charge < -0.3 is 0 Å². The van der Waals surface area contributed by atoms with Crippen molar-refractivity contribution in [2.24, 2.45) is 5.10 Å². The molecule has 0 aliphatic heterocycles. The first-order chi connectivity index (χ1) is 9.88. The molecule has 0 atom stereocenters. The van der Waals surface area contributed by atoms with Gasteiger partial charge in [0.05, 0.1) is 17.5 Å². The zero-order chi connectivity index (χ0) is 15.5. The van der Waals surface area contributed by atoms with Crippen LogP contribution in [0.4, 0.5) is 27.6 Å². The lowest BCUT2D eigenvalue weighted by atomic mass is 10.2. The molecule has 0 saturated carbocycles. The number of hydrogen-bond acceptors (Lipinski definition) is 2. The average Bonchev–Trinajstić information content (AvgIpc) is 2.42. The van der Waals surface area contributed by atoms with Crippen LogP contribution in [0.15, 0.2) is 47.6 Å². The van der Waals surface area contributed by atoms with Crippen molar-refractivity contribution >= 4 is 11.9 Å². The molecule has 0 unspecified atom stereocenters. The number of benzene rings is 2. The van der Waals surface area contributed by atoms with Crippen LogP contribution in [0.5, 0.6) is 0 Å². The van der Waals surface area contributed by atoms with Crippen LogP contribution in [0.2, 0.25) is 0 Å². The Morgan fingerprint density at radius 3 is 2.33 bits per heavy atom. The third-order valence-corrected chi connectivity index (χ3v) is 2.57. The molecule has 2 nitrogen and oxygen atoms in total. The van der Waals surface area contributed by atoms with E-state index in [1.807, 2.05) is 0 Å². The molecule has 1 N–H and O–H groups in total. The highest BCUT2D eigenvalue weighted by molar-refractivity contribution is 5.80. The normalized spacial score (nSPS) is 11.9. The summed E-state index contributed by atoms with van der Waals surface area (Å²) in [6.45, 7) is 0. The summed E-state index contributed by atoms with van der Waals surface area (Å²) in [5, 5.41) is 3.59. The van der Waals surface area contributed by atoms with Crippen molar-refractivity contribution in [3.8, 4) is 0 Å². The van der Waals surface area contributed by atoms with E-state index in [0.717, 1.165) is 24.4 Å². The molecule has 2 aromatic rings. The Morgan fingerprint density at radius 1 is 0.952 bits per heavy atom. The first-order valence-corrected chi connectivity index (χ1v) is 5.78. The Labute approximate surface area is 116 Å². The van der Waals surface area contributed by atoms with E-state index in [9.17, 15) is 22.0 Å². The van der Waals surface area contributed by atoms with Gasteiger partial charge in [-0.1, -0.05) is 18.2 Å². The van der Waals surface area contributed by atoms with E-state index in [1.165, 1.54) is 24.3 Å². The Kier molecular flexibility index (Phi) is 4.21. The van der Waals surface area contributed by atoms with E-state index < -0.39 is 23.4 Å². The molecule has 0 saturated heterocycles. The molecule has 2 rings (SSSR count). The molecule has 110 valence electrons. The number of hydrogen-bond donors (Lipinski definition) is 1. The van der Waals surface area contributed by atoms with E-state index in [4.69, 9.17) is 0 Å². The Bertz CT molecular complexity index is 665. The average molecular weight is 300 g/mol. The molecule has 0 aliphatic carbocycles. The number of hydrazone groups is 1. The van der Waals surface area contributed by atoms with Gasteiger partial charge in [0.2, 0.25) is 0 Å². The molecule has 0 spiro atoms. The second-order valence-electron chi connectivity index (χ2n) is 4.09. The topological polar surface area (TPSA) is 24.4 Å². The molecule has 0 radical (unpaired) electrons. The van der Waals surface area contributed by atoms with E-state index in [-0.39, 0.29) is 11.3 Å². The van der Waals surface area contributed by atoms with E-state index in [2.05, 4.69) is 10.5 Å². The van der Waals surface area contributed by atoms with Crippen LogP contribution in [-0.4, -0.2) is 6.21 Å². The van der Waals surface area contributed by atoms with Crippen LogP contribution in [0, 0.1) is 11.6 Å². The third kappa shape index (κ3) is 3.77. The first kappa shape index (κ1) is 15.0. The number of para-hydroxylation sites is 1. The van der Waals surface area contributed by atoms with Gasteiger partial charge in [-0.25, -0.2) is 8.78 Å². The first-order valence-electron chi connectivity index (χ1n) is 5.78. The molecule has 21 heavy (non-hydrogen) atoms. The number of alkyl halides is 3. The molecule has 2 aromatic carbocycles. The summed E-state index contributed by atoms with van der Waals surface area (Å²) in [4.78, 5) is 0. The van der Waals surface area contributed by atoms with Gasteiger partial charge in [0, 0.05) is 0 Å². The summed E-state index contributed by atoms with van der Waals surface area (Å²) < 4.78 is 63.8. The summed E-state index contributed by atoms with van der Waals surface area (Å²) in [6, 6.07) is 7.84. The molecule has 0 fully saturated rings. The minimum atomic E-state index is -4.51. The number of nitrogens with zero attached hydrogens (tertiary/aromatic N) is 1. The zero-order valence-electron chi connectivity index (χ0n) is 10.5. The van der Waals surface area contributed by atoms with Crippen molar-refractivity contribution in [2.45, 2.75) is 6.18 Å². The van der Waals surface area contributed by atoms with Crippen LogP contribution in [0.25, 0.3) is 0 Å². The predicted molar refractivity (Wildman–Crippen MR) is 69.0 cm³/mol. The zero-order valence-corrected chi connectivity index (χ0v) is 10.5.